The van der Waals surface area contributed by atoms with Crippen LogP contribution in [-0.4, -0.2) is 28.2 Å². The Morgan fingerprint density at radius 2 is 2.03 bits per heavy atom. The number of hydrogen-bond acceptors (Lipinski definition) is 4. The number of fused-ring (bicyclic) bond motifs is 1. The van der Waals surface area contributed by atoms with Gasteiger partial charge in [-0.3, -0.25) is 9.59 Å². The minimum atomic E-state index is -0.532. The van der Waals surface area contributed by atoms with Crippen molar-refractivity contribution in [3.63, 3.8) is 0 Å². The molecule has 0 spiro atoms. The van der Waals surface area contributed by atoms with Crippen molar-refractivity contribution in [2.45, 2.75) is 57.6 Å². The molecule has 0 radical (unpaired) electrons. The SMILES string of the molecule is CCOc1ccc(C(CC(N)=O)n2cc3[nH]cccc-3c2=O)cc1OC1CCCCC1. The number of aromatic nitrogens is 2. The van der Waals surface area contributed by atoms with Crippen LogP contribution < -0.4 is 20.8 Å². The van der Waals surface area contributed by atoms with Crippen LogP contribution >= 0.6 is 0 Å². The standard InChI is InChI=1S/C24H29N3O4/c1-2-30-21-11-10-16(13-22(21)31-17-7-4-3-5-8-17)20(14-23(25)28)27-15-19-18(24(27)29)9-6-12-26-19/h6,9-13,15,17,20,26H,2-5,7-8,14H2,1H3,(H2,25,28). The Kier molecular flexibility index (Phi) is 6.30. The summed E-state index contributed by atoms with van der Waals surface area (Å²) in [6, 6.07) is 8.63. The first kappa shape index (κ1) is 21.0. The van der Waals surface area contributed by atoms with Crippen LogP contribution in [0.1, 0.15) is 57.1 Å². The normalized spacial score (nSPS) is 15.6. The Bertz CT molecular complexity index is 1060. The quantitative estimate of drug-likeness (QED) is 0.575. The molecule has 3 N–H and O–H groups in total. The number of primary amides is 1. The smallest absolute Gasteiger partial charge is 0.260 e. The van der Waals surface area contributed by atoms with E-state index in [1.807, 2.05) is 25.1 Å². The molecule has 2 heterocycles. The van der Waals surface area contributed by atoms with E-state index < -0.39 is 11.9 Å². The number of nitrogens with two attached hydrogens (primary N) is 1. The minimum absolute atomic E-state index is 0.00702. The summed E-state index contributed by atoms with van der Waals surface area (Å²) in [5.74, 6) is 0.842. The molecule has 1 fully saturated rings. The highest BCUT2D eigenvalue weighted by Crippen LogP contribution is 2.35. The summed E-state index contributed by atoms with van der Waals surface area (Å²) >= 11 is 0. The monoisotopic (exact) mass is 423 g/mol. The van der Waals surface area contributed by atoms with Crippen LogP contribution in [-0.2, 0) is 4.79 Å². The molecular weight excluding hydrogens is 394 g/mol. The molecule has 1 unspecified atom stereocenters. The van der Waals surface area contributed by atoms with Crippen LogP contribution in [0.5, 0.6) is 11.5 Å². The van der Waals surface area contributed by atoms with Crippen molar-refractivity contribution in [3.05, 3.63) is 58.6 Å². The van der Waals surface area contributed by atoms with E-state index in [2.05, 4.69) is 4.98 Å². The van der Waals surface area contributed by atoms with Crippen molar-refractivity contribution < 1.29 is 14.3 Å². The van der Waals surface area contributed by atoms with Crippen LogP contribution in [0.2, 0.25) is 0 Å². The fourth-order valence-electron chi connectivity index (χ4n) is 4.34. The summed E-state index contributed by atoms with van der Waals surface area (Å²) in [6.07, 6.45) is 9.25. The molecule has 1 amide bonds. The fraction of sp³-hybridized carbons (Fsp3) is 0.417. The van der Waals surface area contributed by atoms with Gasteiger partial charge in [-0.25, -0.2) is 0 Å². The van der Waals surface area contributed by atoms with Crippen molar-refractivity contribution in [2.75, 3.05) is 6.61 Å². The predicted molar refractivity (Wildman–Crippen MR) is 119 cm³/mol. The molecule has 1 aromatic carbocycles. The van der Waals surface area contributed by atoms with Gasteiger partial charge in [0.25, 0.3) is 5.56 Å². The van der Waals surface area contributed by atoms with Crippen LogP contribution in [0.3, 0.4) is 0 Å². The molecule has 1 aromatic rings. The molecule has 31 heavy (non-hydrogen) atoms. The molecule has 0 aromatic heterocycles. The summed E-state index contributed by atoms with van der Waals surface area (Å²) in [6.45, 7) is 2.45. The molecule has 2 aliphatic heterocycles. The number of ether oxygens (including phenoxy) is 2. The number of pyridine rings is 1. The lowest BCUT2D eigenvalue weighted by Gasteiger charge is -2.25. The summed E-state index contributed by atoms with van der Waals surface area (Å²) in [4.78, 5) is 28.0. The first-order valence-electron chi connectivity index (χ1n) is 11.0. The van der Waals surface area contributed by atoms with Gasteiger partial charge in [0.2, 0.25) is 5.91 Å². The second-order valence-electron chi connectivity index (χ2n) is 8.04. The molecule has 1 aliphatic carbocycles. The topological polar surface area (TPSA) is 99.3 Å². The largest absolute Gasteiger partial charge is 0.490 e. The number of nitrogens with zero attached hydrogens (tertiary/aromatic N) is 1. The maximum Gasteiger partial charge on any atom is 0.260 e. The van der Waals surface area contributed by atoms with Crippen molar-refractivity contribution in [1.82, 2.24) is 9.55 Å². The molecule has 1 atom stereocenters. The Hall–Kier alpha value is -3.22. The van der Waals surface area contributed by atoms with Gasteiger partial charge < -0.3 is 24.8 Å². The van der Waals surface area contributed by atoms with E-state index in [-0.39, 0.29) is 18.1 Å². The summed E-state index contributed by atoms with van der Waals surface area (Å²) < 4.78 is 13.7. The zero-order valence-electron chi connectivity index (χ0n) is 17.8. The Balaban J connectivity index is 1.75. The first-order valence-corrected chi connectivity index (χ1v) is 11.0. The van der Waals surface area contributed by atoms with Gasteiger partial charge in [-0.1, -0.05) is 12.5 Å². The first-order chi connectivity index (χ1) is 15.1. The summed E-state index contributed by atoms with van der Waals surface area (Å²) in [7, 11) is 0. The average molecular weight is 424 g/mol. The van der Waals surface area contributed by atoms with Gasteiger partial charge in [0.1, 0.15) is 0 Å². The molecule has 0 bridgehead atoms. The number of rotatable bonds is 8. The van der Waals surface area contributed by atoms with Gasteiger partial charge in [-0.15, -0.1) is 0 Å². The molecule has 4 rings (SSSR count). The van der Waals surface area contributed by atoms with Gasteiger partial charge in [0.05, 0.1) is 36.4 Å². The third-order valence-electron chi connectivity index (χ3n) is 5.85. The van der Waals surface area contributed by atoms with Crippen LogP contribution in [0, 0.1) is 0 Å². The van der Waals surface area contributed by atoms with Crippen LogP contribution in [0.25, 0.3) is 11.3 Å². The zero-order valence-corrected chi connectivity index (χ0v) is 17.8. The van der Waals surface area contributed by atoms with Crippen LogP contribution in [0.15, 0.2) is 47.5 Å². The molecule has 164 valence electrons. The number of aromatic amines is 1. The molecular formula is C24H29N3O4. The maximum atomic E-state index is 13.0. The molecule has 7 nitrogen and oxygen atoms in total. The minimum Gasteiger partial charge on any atom is -0.490 e. The number of amides is 1. The number of hydrogen-bond donors (Lipinski definition) is 2. The number of carbonyl (C=O) groups excluding carboxylic acids is 1. The van der Waals surface area contributed by atoms with E-state index in [1.165, 1.54) is 6.42 Å². The molecule has 1 saturated carbocycles. The van der Waals surface area contributed by atoms with E-state index in [0.717, 1.165) is 31.2 Å². The molecule has 3 aliphatic rings. The highest BCUT2D eigenvalue weighted by molar-refractivity contribution is 5.75. The second-order valence-corrected chi connectivity index (χ2v) is 8.04. The molecule has 0 saturated heterocycles. The van der Waals surface area contributed by atoms with E-state index in [0.29, 0.717) is 29.4 Å². The fourth-order valence-corrected chi connectivity index (χ4v) is 4.34. The zero-order chi connectivity index (χ0) is 21.8. The van der Waals surface area contributed by atoms with Crippen LogP contribution in [0.4, 0.5) is 0 Å². The Morgan fingerprint density at radius 3 is 2.74 bits per heavy atom. The van der Waals surface area contributed by atoms with E-state index in [1.54, 1.807) is 29.1 Å². The summed E-state index contributed by atoms with van der Waals surface area (Å²) in [5.41, 5.74) is 7.46. The number of benzene rings is 1. The second kappa shape index (κ2) is 9.29. The maximum absolute atomic E-state index is 13.0. The van der Waals surface area contributed by atoms with Crippen molar-refractivity contribution in [1.29, 1.82) is 0 Å². The van der Waals surface area contributed by atoms with E-state index >= 15 is 0 Å². The number of H-pyrrole nitrogens is 1. The predicted octanol–water partition coefficient (Wildman–Crippen LogP) is 3.86. The molecule has 7 heteroatoms. The van der Waals surface area contributed by atoms with E-state index in [4.69, 9.17) is 15.2 Å². The lowest BCUT2D eigenvalue weighted by molar-refractivity contribution is -0.118. The van der Waals surface area contributed by atoms with Crippen molar-refractivity contribution in [3.8, 4) is 22.8 Å². The third-order valence-corrected chi connectivity index (χ3v) is 5.85. The number of nitrogens with one attached hydrogen (secondary N) is 1. The highest BCUT2D eigenvalue weighted by Gasteiger charge is 2.25. The highest BCUT2D eigenvalue weighted by atomic mass is 16.5. The van der Waals surface area contributed by atoms with Crippen molar-refractivity contribution >= 4 is 5.91 Å². The van der Waals surface area contributed by atoms with Crippen molar-refractivity contribution in [2.24, 2.45) is 5.73 Å². The van der Waals surface area contributed by atoms with Gasteiger partial charge in [0.15, 0.2) is 11.5 Å². The Labute approximate surface area is 181 Å². The summed E-state index contributed by atoms with van der Waals surface area (Å²) in [5, 5.41) is 0. The number of carbonyl (C=O) groups is 1. The lowest BCUT2D eigenvalue weighted by atomic mass is 9.97. The Morgan fingerprint density at radius 1 is 1.23 bits per heavy atom. The van der Waals surface area contributed by atoms with E-state index in [9.17, 15) is 9.59 Å². The van der Waals surface area contributed by atoms with Gasteiger partial charge in [-0.05, 0) is 62.4 Å². The van der Waals surface area contributed by atoms with Gasteiger partial charge in [0, 0.05) is 12.4 Å². The van der Waals surface area contributed by atoms with Gasteiger partial charge >= 0.3 is 0 Å². The third kappa shape index (κ3) is 4.60. The lowest BCUT2D eigenvalue weighted by Crippen LogP contribution is -2.26. The van der Waals surface area contributed by atoms with Gasteiger partial charge in [-0.2, -0.15) is 0 Å². The average Bonchev–Trinajstić information content (AvgIpc) is 3.10.